The van der Waals surface area contributed by atoms with E-state index in [1.165, 1.54) is 19.3 Å². The van der Waals surface area contributed by atoms with Crippen LogP contribution in [0.25, 0.3) is 0 Å². The molecule has 0 aromatic carbocycles. The summed E-state index contributed by atoms with van der Waals surface area (Å²) in [6.45, 7) is 7.34. The third-order valence-electron chi connectivity index (χ3n) is 4.77. The average molecular weight is 347 g/mol. The monoisotopic (exact) mass is 347 g/mol. The van der Waals surface area contributed by atoms with Gasteiger partial charge in [-0.3, -0.25) is 0 Å². The van der Waals surface area contributed by atoms with Gasteiger partial charge in [-0.1, -0.05) is 0 Å². The number of carbonyl (C=O) groups is 1. The van der Waals surface area contributed by atoms with E-state index in [0.29, 0.717) is 19.1 Å². The minimum atomic E-state index is -0.206. The normalized spacial score (nSPS) is 19.2. The smallest absolute Gasteiger partial charge is 0.410 e. The molecule has 1 amide bonds. The van der Waals surface area contributed by atoms with Crippen LogP contribution in [0.3, 0.4) is 0 Å². The summed E-state index contributed by atoms with van der Waals surface area (Å²) in [7, 11) is 0. The molecule has 0 unspecified atom stereocenters. The highest BCUT2D eigenvalue weighted by Gasteiger charge is 2.24. The van der Waals surface area contributed by atoms with E-state index >= 15 is 0 Å². The van der Waals surface area contributed by atoms with E-state index in [4.69, 9.17) is 4.74 Å². The molecule has 0 saturated carbocycles. The highest BCUT2D eigenvalue weighted by atomic mass is 16.6. The van der Waals surface area contributed by atoms with Crippen molar-refractivity contribution < 1.29 is 9.53 Å². The molecule has 1 aromatic rings. The van der Waals surface area contributed by atoms with Gasteiger partial charge in [-0.25, -0.2) is 14.8 Å². The molecule has 2 saturated heterocycles. The second kappa shape index (κ2) is 8.36. The molecule has 0 aliphatic carbocycles. The fraction of sp³-hybridized carbons (Fsp3) is 0.722. The van der Waals surface area contributed by atoms with Gasteiger partial charge in [-0.05, 0) is 46.0 Å². The third-order valence-corrected chi connectivity index (χ3v) is 4.77. The zero-order chi connectivity index (χ0) is 17.6. The van der Waals surface area contributed by atoms with Crippen molar-refractivity contribution >= 4 is 17.7 Å². The lowest BCUT2D eigenvalue weighted by molar-refractivity contribution is 0.0701. The van der Waals surface area contributed by atoms with Crippen molar-refractivity contribution in [2.45, 2.75) is 58.1 Å². The molecule has 2 fully saturated rings. The predicted octanol–water partition coefficient (Wildman–Crippen LogP) is 2.89. The van der Waals surface area contributed by atoms with Crippen molar-refractivity contribution in [3.8, 4) is 0 Å². The van der Waals surface area contributed by atoms with Crippen molar-refractivity contribution in [2.75, 3.05) is 36.4 Å². The molecule has 0 bridgehead atoms. The molecule has 0 atom stereocenters. The van der Waals surface area contributed by atoms with Gasteiger partial charge in [0, 0.05) is 38.3 Å². The van der Waals surface area contributed by atoms with E-state index in [2.05, 4.69) is 20.2 Å². The maximum atomic E-state index is 12.0. The van der Waals surface area contributed by atoms with Crippen LogP contribution >= 0.6 is 0 Å². The summed E-state index contributed by atoms with van der Waals surface area (Å²) >= 11 is 0. The van der Waals surface area contributed by atoms with Crippen molar-refractivity contribution in [3.05, 3.63) is 12.4 Å². The SMILES string of the molecule is CC(C)OC(=O)N1CCC(Nc2cc(N3CCCCC3)ncn2)CC1. The van der Waals surface area contributed by atoms with Gasteiger partial charge < -0.3 is 19.9 Å². The van der Waals surface area contributed by atoms with E-state index in [0.717, 1.165) is 37.6 Å². The molecular weight excluding hydrogens is 318 g/mol. The second-order valence-corrected chi connectivity index (χ2v) is 7.15. The summed E-state index contributed by atoms with van der Waals surface area (Å²) in [5.41, 5.74) is 0. The Morgan fingerprint density at radius 1 is 1.16 bits per heavy atom. The minimum absolute atomic E-state index is 0.0717. The summed E-state index contributed by atoms with van der Waals surface area (Å²) in [5, 5.41) is 3.50. The van der Waals surface area contributed by atoms with Gasteiger partial charge >= 0.3 is 6.09 Å². The van der Waals surface area contributed by atoms with E-state index in [9.17, 15) is 4.79 Å². The van der Waals surface area contributed by atoms with E-state index in [1.54, 1.807) is 11.2 Å². The number of likely N-dealkylation sites (tertiary alicyclic amines) is 1. The van der Waals surface area contributed by atoms with Crippen molar-refractivity contribution in [3.63, 3.8) is 0 Å². The number of hydrogen-bond acceptors (Lipinski definition) is 6. The van der Waals surface area contributed by atoms with Gasteiger partial charge in [0.1, 0.15) is 18.0 Å². The molecule has 2 aliphatic heterocycles. The first kappa shape index (κ1) is 17.8. The zero-order valence-corrected chi connectivity index (χ0v) is 15.3. The molecular formula is C18H29N5O2. The van der Waals surface area contributed by atoms with E-state index in [-0.39, 0.29) is 12.2 Å². The molecule has 3 rings (SSSR count). The first-order chi connectivity index (χ1) is 12.1. The number of nitrogens with one attached hydrogen (secondary N) is 1. The molecule has 1 N–H and O–H groups in total. The molecule has 7 nitrogen and oxygen atoms in total. The van der Waals surface area contributed by atoms with Gasteiger partial charge in [0.25, 0.3) is 0 Å². The zero-order valence-electron chi connectivity index (χ0n) is 15.3. The lowest BCUT2D eigenvalue weighted by Crippen LogP contribution is -2.43. The quantitative estimate of drug-likeness (QED) is 0.903. The van der Waals surface area contributed by atoms with Crippen molar-refractivity contribution in [2.24, 2.45) is 0 Å². The van der Waals surface area contributed by atoms with E-state index < -0.39 is 0 Å². The van der Waals surface area contributed by atoms with Crippen LogP contribution in [0, 0.1) is 0 Å². The summed E-state index contributed by atoms with van der Waals surface area (Å²) in [6, 6.07) is 2.37. The number of aromatic nitrogens is 2. The van der Waals surface area contributed by atoms with Crippen LogP contribution in [0.1, 0.15) is 46.0 Å². The Kier molecular flexibility index (Phi) is 5.94. The Morgan fingerprint density at radius 3 is 2.56 bits per heavy atom. The number of ether oxygens (including phenoxy) is 1. The Morgan fingerprint density at radius 2 is 1.88 bits per heavy atom. The molecule has 1 aromatic heterocycles. The number of anilines is 2. The van der Waals surface area contributed by atoms with Crippen LogP contribution in [-0.4, -0.2) is 59.3 Å². The highest BCUT2D eigenvalue weighted by molar-refractivity contribution is 5.68. The first-order valence-electron chi connectivity index (χ1n) is 9.41. The summed E-state index contributed by atoms with van der Waals surface area (Å²) in [6.07, 6.45) is 6.94. The van der Waals surface area contributed by atoms with Gasteiger partial charge in [0.15, 0.2) is 0 Å². The Labute approximate surface area is 149 Å². The molecule has 7 heteroatoms. The second-order valence-electron chi connectivity index (χ2n) is 7.15. The number of piperidine rings is 2. The summed E-state index contributed by atoms with van der Waals surface area (Å²) in [4.78, 5) is 24.9. The van der Waals surface area contributed by atoms with Crippen LogP contribution in [-0.2, 0) is 4.74 Å². The van der Waals surface area contributed by atoms with Crippen molar-refractivity contribution in [1.29, 1.82) is 0 Å². The molecule has 138 valence electrons. The van der Waals surface area contributed by atoms with Gasteiger partial charge in [0.05, 0.1) is 6.10 Å². The van der Waals surface area contributed by atoms with Gasteiger partial charge in [-0.15, -0.1) is 0 Å². The first-order valence-corrected chi connectivity index (χ1v) is 9.41. The van der Waals surface area contributed by atoms with Crippen molar-refractivity contribution in [1.82, 2.24) is 14.9 Å². The number of nitrogens with zero attached hydrogens (tertiary/aromatic N) is 4. The molecule has 0 radical (unpaired) electrons. The predicted molar refractivity (Wildman–Crippen MR) is 97.9 cm³/mol. The lowest BCUT2D eigenvalue weighted by atomic mass is 10.1. The molecule has 3 heterocycles. The Bertz CT molecular complexity index is 566. The van der Waals surface area contributed by atoms with Crippen LogP contribution in [0.5, 0.6) is 0 Å². The maximum Gasteiger partial charge on any atom is 0.410 e. The van der Waals surface area contributed by atoms with Gasteiger partial charge in [-0.2, -0.15) is 0 Å². The Balaban J connectivity index is 1.51. The third kappa shape index (κ3) is 4.96. The lowest BCUT2D eigenvalue weighted by Gasteiger charge is -2.32. The Hall–Kier alpha value is -2.05. The topological polar surface area (TPSA) is 70.6 Å². The number of rotatable bonds is 4. The minimum Gasteiger partial charge on any atom is -0.447 e. The summed E-state index contributed by atoms with van der Waals surface area (Å²) in [5.74, 6) is 1.88. The maximum absolute atomic E-state index is 12.0. The number of amides is 1. The molecule has 2 aliphatic rings. The number of carbonyl (C=O) groups excluding carboxylic acids is 1. The fourth-order valence-corrected chi connectivity index (χ4v) is 3.41. The fourth-order valence-electron chi connectivity index (χ4n) is 3.41. The average Bonchev–Trinajstić information content (AvgIpc) is 2.63. The van der Waals surface area contributed by atoms with Gasteiger partial charge in [0.2, 0.25) is 0 Å². The number of hydrogen-bond donors (Lipinski definition) is 1. The summed E-state index contributed by atoms with van der Waals surface area (Å²) < 4.78 is 5.27. The highest BCUT2D eigenvalue weighted by Crippen LogP contribution is 2.21. The standard InChI is InChI=1S/C18H29N5O2/c1-14(2)25-18(24)23-10-6-15(7-11-23)21-16-12-17(20-13-19-16)22-8-4-3-5-9-22/h12-15H,3-11H2,1-2H3,(H,19,20,21). The van der Waals surface area contributed by atoms with E-state index in [1.807, 2.05) is 19.9 Å². The van der Waals surface area contributed by atoms with Crippen LogP contribution < -0.4 is 10.2 Å². The van der Waals surface area contributed by atoms with Crippen LogP contribution in [0.2, 0.25) is 0 Å². The van der Waals surface area contributed by atoms with Crippen LogP contribution in [0.4, 0.5) is 16.4 Å². The molecule has 0 spiro atoms. The largest absolute Gasteiger partial charge is 0.447 e. The van der Waals surface area contributed by atoms with Crippen LogP contribution in [0.15, 0.2) is 12.4 Å². The molecule has 25 heavy (non-hydrogen) atoms.